The van der Waals surface area contributed by atoms with Crippen LogP contribution in [-0.2, 0) is 13.2 Å². The van der Waals surface area contributed by atoms with E-state index in [4.69, 9.17) is 5.11 Å². The highest BCUT2D eigenvalue weighted by Crippen LogP contribution is 2.21. The molecule has 0 atom stereocenters. The van der Waals surface area contributed by atoms with Crippen LogP contribution in [0.2, 0.25) is 0 Å². The Morgan fingerprint density at radius 2 is 1.89 bits per heavy atom. The Bertz CT molecular complexity index is 536. The molecule has 0 aliphatic heterocycles. The molecule has 2 N–H and O–H groups in total. The van der Waals surface area contributed by atoms with E-state index in [0.29, 0.717) is 22.8 Å². The van der Waals surface area contributed by atoms with Crippen LogP contribution in [0.5, 0.6) is 0 Å². The third-order valence-corrected chi connectivity index (χ3v) is 3.07. The maximum absolute atomic E-state index is 13.3. The number of aliphatic hydroxyl groups excluding tert-OH is 1. The summed E-state index contributed by atoms with van der Waals surface area (Å²) >= 11 is 1.25. The first-order chi connectivity index (χ1) is 8.60. The van der Waals surface area contributed by atoms with Gasteiger partial charge in [-0.2, -0.15) is 0 Å². The summed E-state index contributed by atoms with van der Waals surface area (Å²) in [4.78, 5) is 4.01. The van der Waals surface area contributed by atoms with Gasteiger partial charge in [-0.15, -0.1) is 11.3 Å². The molecule has 1 heterocycles. The van der Waals surface area contributed by atoms with Gasteiger partial charge in [0.05, 0.1) is 18.8 Å². The quantitative estimate of drug-likeness (QED) is 0.901. The Morgan fingerprint density at radius 1 is 1.22 bits per heavy atom. The highest BCUT2D eigenvalue weighted by molar-refractivity contribution is 7.09. The standard InChI is InChI=1S/C11H9F3N2OS/c12-6-1-8(13)11(9(14)2-6)15-3-7-5-18-10(4-17)16-7/h1-2,5,15,17H,3-4H2. The molecule has 0 saturated heterocycles. The topological polar surface area (TPSA) is 45.2 Å². The number of halogens is 3. The Labute approximate surface area is 105 Å². The molecule has 0 aliphatic rings. The number of aliphatic hydroxyl groups is 1. The molecule has 1 aromatic heterocycles. The van der Waals surface area contributed by atoms with Crippen LogP contribution < -0.4 is 5.32 Å². The van der Waals surface area contributed by atoms with E-state index in [1.54, 1.807) is 5.38 Å². The molecule has 0 radical (unpaired) electrons. The number of aromatic nitrogens is 1. The Hall–Kier alpha value is -1.60. The fourth-order valence-corrected chi connectivity index (χ4v) is 2.05. The average molecular weight is 274 g/mol. The van der Waals surface area contributed by atoms with Gasteiger partial charge in [0.15, 0.2) is 11.6 Å². The number of anilines is 1. The zero-order valence-corrected chi connectivity index (χ0v) is 9.90. The molecule has 2 aromatic rings. The minimum atomic E-state index is -0.995. The zero-order chi connectivity index (χ0) is 13.1. The second-order valence-corrected chi connectivity index (χ2v) is 4.43. The third kappa shape index (κ3) is 2.80. The van der Waals surface area contributed by atoms with Gasteiger partial charge >= 0.3 is 0 Å². The maximum Gasteiger partial charge on any atom is 0.152 e. The van der Waals surface area contributed by atoms with Crippen molar-refractivity contribution in [1.82, 2.24) is 4.98 Å². The van der Waals surface area contributed by atoms with Crippen LogP contribution in [0.15, 0.2) is 17.5 Å². The fourth-order valence-electron chi connectivity index (χ4n) is 1.39. The summed E-state index contributed by atoms with van der Waals surface area (Å²) in [7, 11) is 0. The van der Waals surface area contributed by atoms with Crippen LogP contribution in [0.25, 0.3) is 0 Å². The number of hydrogen-bond donors (Lipinski definition) is 2. The van der Waals surface area contributed by atoms with Crippen molar-refractivity contribution >= 4 is 17.0 Å². The Morgan fingerprint density at radius 3 is 2.44 bits per heavy atom. The molecule has 2 rings (SSSR count). The van der Waals surface area contributed by atoms with E-state index in [0.717, 1.165) is 0 Å². The van der Waals surface area contributed by atoms with Crippen LogP contribution in [0, 0.1) is 17.5 Å². The van der Waals surface area contributed by atoms with Gasteiger partial charge in [0.2, 0.25) is 0 Å². The number of hydrogen-bond acceptors (Lipinski definition) is 4. The summed E-state index contributed by atoms with van der Waals surface area (Å²) in [6, 6.07) is 1.21. The predicted molar refractivity (Wildman–Crippen MR) is 61.7 cm³/mol. The summed E-state index contributed by atoms with van der Waals surface area (Å²) in [5.74, 6) is -2.96. The van der Waals surface area contributed by atoms with Crippen molar-refractivity contribution < 1.29 is 18.3 Å². The van der Waals surface area contributed by atoms with Gasteiger partial charge in [-0.1, -0.05) is 0 Å². The van der Waals surface area contributed by atoms with Crippen molar-refractivity contribution in [1.29, 1.82) is 0 Å². The number of thiazole rings is 1. The minimum Gasteiger partial charge on any atom is -0.389 e. The highest BCUT2D eigenvalue weighted by atomic mass is 32.1. The van der Waals surface area contributed by atoms with Crippen LogP contribution in [-0.4, -0.2) is 10.1 Å². The van der Waals surface area contributed by atoms with Gasteiger partial charge in [-0.25, -0.2) is 18.2 Å². The lowest BCUT2D eigenvalue weighted by molar-refractivity contribution is 0.281. The van der Waals surface area contributed by atoms with E-state index in [9.17, 15) is 13.2 Å². The van der Waals surface area contributed by atoms with Crippen LogP contribution in [0.4, 0.5) is 18.9 Å². The van der Waals surface area contributed by atoms with E-state index >= 15 is 0 Å². The second-order valence-electron chi connectivity index (χ2n) is 3.49. The second kappa shape index (κ2) is 5.36. The fraction of sp³-hybridized carbons (Fsp3) is 0.182. The van der Waals surface area contributed by atoms with E-state index in [1.807, 2.05) is 0 Å². The molecule has 0 spiro atoms. The third-order valence-electron chi connectivity index (χ3n) is 2.19. The molecule has 7 heteroatoms. The predicted octanol–water partition coefficient (Wildman–Crippen LogP) is 2.66. The van der Waals surface area contributed by atoms with E-state index in [1.165, 1.54) is 11.3 Å². The van der Waals surface area contributed by atoms with E-state index < -0.39 is 23.1 Å². The normalized spacial score (nSPS) is 10.7. The average Bonchev–Trinajstić information content (AvgIpc) is 2.75. The summed E-state index contributed by atoms with van der Waals surface area (Å²) in [5.41, 5.74) is 0.155. The van der Waals surface area contributed by atoms with Gasteiger partial charge in [0.1, 0.15) is 16.5 Å². The van der Waals surface area contributed by atoms with Gasteiger partial charge < -0.3 is 10.4 Å². The monoisotopic (exact) mass is 274 g/mol. The first-order valence-electron chi connectivity index (χ1n) is 5.02. The highest BCUT2D eigenvalue weighted by Gasteiger charge is 2.11. The molecule has 0 saturated carbocycles. The van der Waals surface area contributed by atoms with Crippen molar-refractivity contribution in [3.63, 3.8) is 0 Å². The molecule has 3 nitrogen and oxygen atoms in total. The van der Waals surface area contributed by atoms with Crippen molar-refractivity contribution in [3.8, 4) is 0 Å². The van der Waals surface area contributed by atoms with Gasteiger partial charge in [0, 0.05) is 17.5 Å². The summed E-state index contributed by atoms with van der Waals surface area (Å²) in [6.45, 7) is -0.0834. The Balaban J connectivity index is 2.10. The molecule has 0 aliphatic carbocycles. The number of rotatable bonds is 4. The lowest BCUT2D eigenvalue weighted by atomic mass is 10.2. The number of benzene rings is 1. The molecule has 1 aromatic carbocycles. The molecule has 0 unspecified atom stereocenters. The SMILES string of the molecule is OCc1nc(CNc2c(F)cc(F)cc2F)cs1. The van der Waals surface area contributed by atoms with E-state index in [2.05, 4.69) is 10.3 Å². The first kappa shape index (κ1) is 12.8. The molecule has 0 bridgehead atoms. The molecule has 96 valence electrons. The van der Waals surface area contributed by atoms with Gasteiger partial charge in [-0.3, -0.25) is 0 Å². The minimum absolute atomic E-state index is 0.0932. The van der Waals surface area contributed by atoms with Crippen LogP contribution >= 0.6 is 11.3 Å². The lowest BCUT2D eigenvalue weighted by Gasteiger charge is -2.07. The largest absolute Gasteiger partial charge is 0.389 e. The summed E-state index contributed by atoms with van der Waals surface area (Å²) < 4.78 is 39.2. The summed E-state index contributed by atoms with van der Waals surface area (Å²) in [5, 5.41) is 13.5. The van der Waals surface area contributed by atoms with Crippen molar-refractivity contribution in [3.05, 3.63) is 45.7 Å². The molecule has 18 heavy (non-hydrogen) atoms. The molecule has 0 fully saturated rings. The molecular weight excluding hydrogens is 265 g/mol. The maximum atomic E-state index is 13.3. The molecular formula is C11H9F3N2OS. The zero-order valence-electron chi connectivity index (χ0n) is 9.08. The van der Waals surface area contributed by atoms with Gasteiger partial charge in [-0.05, 0) is 0 Å². The van der Waals surface area contributed by atoms with Crippen LogP contribution in [0.1, 0.15) is 10.7 Å². The van der Waals surface area contributed by atoms with Crippen molar-refractivity contribution in [2.75, 3.05) is 5.32 Å². The summed E-state index contributed by atoms with van der Waals surface area (Å²) in [6.07, 6.45) is 0. The van der Waals surface area contributed by atoms with Crippen molar-refractivity contribution in [2.24, 2.45) is 0 Å². The van der Waals surface area contributed by atoms with E-state index in [-0.39, 0.29) is 13.2 Å². The lowest BCUT2D eigenvalue weighted by Crippen LogP contribution is -2.05. The smallest absolute Gasteiger partial charge is 0.152 e. The van der Waals surface area contributed by atoms with Crippen LogP contribution in [0.3, 0.4) is 0 Å². The first-order valence-corrected chi connectivity index (χ1v) is 5.90. The molecule has 0 amide bonds. The van der Waals surface area contributed by atoms with Crippen molar-refractivity contribution in [2.45, 2.75) is 13.2 Å². The Kier molecular flexibility index (Phi) is 3.83. The number of nitrogens with zero attached hydrogens (tertiary/aromatic N) is 1. The van der Waals surface area contributed by atoms with Gasteiger partial charge in [0.25, 0.3) is 0 Å². The number of nitrogens with one attached hydrogen (secondary N) is 1.